The summed E-state index contributed by atoms with van der Waals surface area (Å²) in [5, 5.41) is 10.7. The summed E-state index contributed by atoms with van der Waals surface area (Å²) in [6.07, 6.45) is 0. The van der Waals surface area contributed by atoms with Crippen LogP contribution in [0.1, 0.15) is 11.4 Å². The number of hydrazine groups is 1. The lowest BCUT2D eigenvalue weighted by molar-refractivity contribution is 0.435. The lowest BCUT2D eigenvalue weighted by Crippen LogP contribution is -2.32. The number of likely N-dealkylation sites (N-methyl/N-ethyl adjacent to an activating group) is 1. The molecule has 0 aliphatic rings. The standard InChI is InChI=1S/C10H17N5O/c1-6-9(16)4-3-7(14-6)10(12)8(5-11)15(2)13/h3-4,16H,5,11-13H2,1-2H3/b10-8-. The minimum absolute atomic E-state index is 0.131. The van der Waals surface area contributed by atoms with Crippen LogP contribution in [0.2, 0.25) is 0 Å². The van der Waals surface area contributed by atoms with Crippen molar-refractivity contribution in [3.05, 3.63) is 29.2 Å². The first-order valence-electron chi connectivity index (χ1n) is 4.81. The van der Waals surface area contributed by atoms with Crippen LogP contribution in [0.5, 0.6) is 5.75 Å². The first-order chi connectivity index (χ1) is 7.47. The van der Waals surface area contributed by atoms with E-state index in [0.717, 1.165) is 0 Å². The molecule has 0 spiro atoms. The van der Waals surface area contributed by atoms with Crippen LogP contribution in [0.4, 0.5) is 0 Å². The summed E-state index contributed by atoms with van der Waals surface area (Å²) in [7, 11) is 1.66. The molecule has 1 aromatic heterocycles. The molecule has 0 radical (unpaired) electrons. The largest absolute Gasteiger partial charge is 0.506 e. The van der Waals surface area contributed by atoms with Crippen molar-refractivity contribution in [2.24, 2.45) is 17.3 Å². The molecular formula is C10H17N5O. The van der Waals surface area contributed by atoms with Crippen molar-refractivity contribution in [1.82, 2.24) is 9.99 Å². The molecule has 0 aliphatic heterocycles. The highest BCUT2D eigenvalue weighted by Gasteiger charge is 2.09. The normalized spacial score (nSPS) is 12.2. The summed E-state index contributed by atoms with van der Waals surface area (Å²) >= 11 is 0. The van der Waals surface area contributed by atoms with E-state index in [1.165, 1.54) is 11.1 Å². The van der Waals surface area contributed by atoms with E-state index in [0.29, 0.717) is 22.8 Å². The van der Waals surface area contributed by atoms with E-state index in [2.05, 4.69) is 4.98 Å². The van der Waals surface area contributed by atoms with E-state index in [1.54, 1.807) is 20.0 Å². The molecule has 7 N–H and O–H groups in total. The van der Waals surface area contributed by atoms with Gasteiger partial charge in [0.05, 0.1) is 22.8 Å². The Kier molecular flexibility index (Phi) is 3.70. The minimum Gasteiger partial charge on any atom is -0.506 e. The lowest BCUT2D eigenvalue weighted by atomic mass is 10.2. The highest BCUT2D eigenvalue weighted by atomic mass is 16.3. The summed E-state index contributed by atoms with van der Waals surface area (Å²) in [5.74, 6) is 5.72. The third kappa shape index (κ3) is 2.41. The van der Waals surface area contributed by atoms with Gasteiger partial charge in [0.15, 0.2) is 0 Å². The van der Waals surface area contributed by atoms with Gasteiger partial charge in [0.25, 0.3) is 0 Å². The molecule has 6 heteroatoms. The van der Waals surface area contributed by atoms with Crippen molar-refractivity contribution in [1.29, 1.82) is 0 Å². The van der Waals surface area contributed by atoms with Crippen molar-refractivity contribution in [3.8, 4) is 5.75 Å². The number of aromatic hydroxyl groups is 1. The molecule has 6 nitrogen and oxygen atoms in total. The van der Waals surface area contributed by atoms with Gasteiger partial charge >= 0.3 is 0 Å². The van der Waals surface area contributed by atoms with E-state index in [-0.39, 0.29) is 12.3 Å². The van der Waals surface area contributed by atoms with Crippen LogP contribution < -0.4 is 17.3 Å². The number of rotatable bonds is 3. The first kappa shape index (κ1) is 12.3. The van der Waals surface area contributed by atoms with E-state index < -0.39 is 0 Å². The third-order valence-electron chi connectivity index (χ3n) is 2.26. The van der Waals surface area contributed by atoms with Crippen LogP contribution in [0, 0.1) is 6.92 Å². The van der Waals surface area contributed by atoms with Crippen molar-refractivity contribution >= 4 is 5.70 Å². The topological polar surface area (TPSA) is 114 Å². The lowest BCUT2D eigenvalue weighted by Gasteiger charge is -2.18. The molecule has 0 saturated carbocycles. The molecule has 1 aromatic rings. The molecule has 0 atom stereocenters. The van der Waals surface area contributed by atoms with Crippen LogP contribution in [-0.2, 0) is 0 Å². The monoisotopic (exact) mass is 223 g/mol. The highest BCUT2D eigenvalue weighted by Crippen LogP contribution is 2.18. The number of aryl methyl sites for hydroxylation is 1. The van der Waals surface area contributed by atoms with Gasteiger partial charge in [-0.1, -0.05) is 0 Å². The maximum atomic E-state index is 9.35. The smallest absolute Gasteiger partial charge is 0.136 e. The highest BCUT2D eigenvalue weighted by molar-refractivity contribution is 5.63. The first-order valence-corrected chi connectivity index (χ1v) is 4.81. The fourth-order valence-corrected chi connectivity index (χ4v) is 1.30. The summed E-state index contributed by atoms with van der Waals surface area (Å²) in [4.78, 5) is 4.15. The van der Waals surface area contributed by atoms with E-state index in [9.17, 15) is 5.11 Å². The molecule has 1 heterocycles. The van der Waals surface area contributed by atoms with E-state index in [4.69, 9.17) is 17.3 Å². The Hall–Kier alpha value is -1.79. The summed E-state index contributed by atoms with van der Waals surface area (Å²) in [5.41, 5.74) is 13.5. The van der Waals surface area contributed by atoms with Gasteiger partial charge in [0, 0.05) is 13.6 Å². The second kappa shape index (κ2) is 4.82. The maximum absolute atomic E-state index is 9.35. The van der Waals surface area contributed by atoms with Crippen molar-refractivity contribution in [2.75, 3.05) is 13.6 Å². The van der Waals surface area contributed by atoms with Crippen LogP contribution in [0.25, 0.3) is 5.70 Å². The number of nitrogens with zero attached hydrogens (tertiary/aromatic N) is 2. The van der Waals surface area contributed by atoms with Gasteiger partial charge in [-0.2, -0.15) is 0 Å². The average Bonchev–Trinajstić information content (AvgIpc) is 2.22. The zero-order chi connectivity index (χ0) is 12.3. The van der Waals surface area contributed by atoms with E-state index in [1.807, 2.05) is 0 Å². The van der Waals surface area contributed by atoms with Crippen LogP contribution >= 0.6 is 0 Å². The predicted octanol–water partition coefficient (Wildman–Crippen LogP) is -0.513. The molecule has 0 saturated heterocycles. The third-order valence-corrected chi connectivity index (χ3v) is 2.26. The van der Waals surface area contributed by atoms with Gasteiger partial charge < -0.3 is 21.6 Å². The Morgan fingerprint density at radius 3 is 2.56 bits per heavy atom. The number of nitrogens with two attached hydrogens (primary N) is 3. The molecule has 0 bridgehead atoms. The van der Waals surface area contributed by atoms with Gasteiger partial charge in [-0.05, 0) is 19.1 Å². The van der Waals surface area contributed by atoms with Crippen molar-refractivity contribution in [3.63, 3.8) is 0 Å². The summed E-state index contributed by atoms with van der Waals surface area (Å²) < 4.78 is 0. The average molecular weight is 223 g/mol. The fourth-order valence-electron chi connectivity index (χ4n) is 1.30. The van der Waals surface area contributed by atoms with Crippen molar-refractivity contribution in [2.45, 2.75) is 6.92 Å². The Balaban J connectivity index is 3.21. The fraction of sp³-hybridized carbons (Fsp3) is 0.300. The van der Waals surface area contributed by atoms with Crippen molar-refractivity contribution < 1.29 is 5.11 Å². The Morgan fingerprint density at radius 1 is 1.50 bits per heavy atom. The number of aromatic nitrogens is 1. The quantitative estimate of drug-likeness (QED) is 0.405. The summed E-state index contributed by atoms with van der Waals surface area (Å²) in [6, 6.07) is 3.16. The van der Waals surface area contributed by atoms with Gasteiger partial charge in [0.1, 0.15) is 5.75 Å². The molecule has 1 rings (SSSR count). The van der Waals surface area contributed by atoms with Gasteiger partial charge in [-0.15, -0.1) is 0 Å². The Labute approximate surface area is 94.3 Å². The Morgan fingerprint density at radius 2 is 2.12 bits per heavy atom. The number of pyridine rings is 1. The molecule has 0 amide bonds. The Bertz CT molecular complexity index is 414. The molecular weight excluding hydrogens is 206 g/mol. The van der Waals surface area contributed by atoms with Crippen LogP contribution in [0.3, 0.4) is 0 Å². The number of hydrogen-bond acceptors (Lipinski definition) is 6. The molecule has 0 fully saturated rings. The zero-order valence-corrected chi connectivity index (χ0v) is 9.44. The second-order valence-electron chi connectivity index (χ2n) is 3.48. The van der Waals surface area contributed by atoms with E-state index >= 15 is 0 Å². The SMILES string of the molecule is Cc1nc(/C(N)=C(\CN)N(C)N)ccc1O. The predicted molar refractivity (Wildman–Crippen MR) is 62.8 cm³/mol. The molecule has 0 aliphatic carbocycles. The zero-order valence-electron chi connectivity index (χ0n) is 9.44. The molecule has 88 valence electrons. The van der Waals surface area contributed by atoms with Gasteiger partial charge in [0.2, 0.25) is 0 Å². The van der Waals surface area contributed by atoms with Crippen LogP contribution in [0.15, 0.2) is 17.8 Å². The second-order valence-corrected chi connectivity index (χ2v) is 3.48. The maximum Gasteiger partial charge on any atom is 0.136 e. The minimum atomic E-state index is 0.131. The van der Waals surface area contributed by atoms with Gasteiger partial charge in [-0.25, -0.2) is 10.8 Å². The van der Waals surface area contributed by atoms with Gasteiger partial charge in [-0.3, -0.25) is 0 Å². The molecule has 0 unspecified atom stereocenters. The number of hydrogen-bond donors (Lipinski definition) is 4. The molecule has 0 aromatic carbocycles. The molecule has 16 heavy (non-hydrogen) atoms. The summed E-state index contributed by atoms with van der Waals surface area (Å²) in [6.45, 7) is 1.92. The van der Waals surface area contributed by atoms with Crippen LogP contribution in [-0.4, -0.2) is 28.7 Å².